The van der Waals surface area contributed by atoms with Crippen LogP contribution in [0, 0.1) is 12.8 Å². The van der Waals surface area contributed by atoms with Crippen molar-refractivity contribution in [2.24, 2.45) is 5.92 Å². The van der Waals surface area contributed by atoms with Crippen LogP contribution in [0.3, 0.4) is 0 Å². The van der Waals surface area contributed by atoms with Crippen LogP contribution < -0.4 is 14.4 Å². The highest BCUT2D eigenvalue weighted by atomic mass is 35.5. The molecule has 5 rings (SSSR count). The van der Waals surface area contributed by atoms with Gasteiger partial charge in [-0.25, -0.2) is 0 Å². The molecule has 1 unspecified atom stereocenters. The smallest absolute Gasteiger partial charge is 0.253 e. The number of nitrogens with zero attached hydrogens (tertiary/aromatic N) is 3. The maximum absolute atomic E-state index is 13.0. The van der Waals surface area contributed by atoms with Gasteiger partial charge in [-0.05, 0) is 61.7 Å². The Morgan fingerprint density at radius 3 is 2.46 bits per heavy atom. The number of aryl methyl sites for hydroxylation is 1. The van der Waals surface area contributed by atoms with Gasteiger partial charge in [0.05, 0.1) is 24.4 Å². The number of anilines is 1. The quantitative estimate of drug-likeness (QED) is 0.351. The molecule has 3 aromatic carbocycles. The van der Waals surface area contributed by atoms with Crippen molar-refractivity contribution >= 4 is 23.2 Å². The Balaban J connectivity index is 1.16. The van der Waals surface area contributed by atoms with Crippen molar-refractivity contribution in [1.29, 1.82) is 0 Å². The maximum atomic E-state index is 13.0. The summed E-state index contributed by atoms with van der Waals surface area (Å²) in [5.74, 6) is 1.91. The summed E-state index contributed by atoms with van der Waals surface area (Å²) in [5.41, 5.74) is 4.23. The van der Waals surface area contributed by atoms with Crippen molar-refractivity contribution in [3.8, 4) is 11.5 Å². The van der Waals surface area contributed by atoms with E-state index in [1.165, 1.54) is 5.56 Å². The molecule has 6 nitrogen and oxygen atoms in total. The van der Waals surface area contributed by atoms with Gasteiger partial charge in [0.1, 0.15) is 0 Å². The van der Waals surface area contributed by atoms with E-state index in [0.717, 1.165) is 85.4 Å². The molecule has 0 radical (unpaired) electrons. The molecule has 2 heterocycles. The molecule has 39 heavy (non-hydrogen) atoms. The van der Waals surface area contributed by atoms with E-state index < -0.39 is 0 Å². The Morgan fingerprint density at radius 2 is 1.72 bits per heavy atom. The molecular weight excluding hydrogens is 510 g/mol. The fourth-order valence-electron chi connectivity index (χ4n) is 5.52. The zero-order chi connectivity index (χ0) is 27.2. The van der Waals surface area contributed by atoms with Gasteiger partial charge < -0.3 is 19.3 Å². The minimum absolute atomic E-state index is 0.105. The van der Waals surface area contributed by atoms with Gasteiger partial charge in [-0.15, -0.1) is 0 Å². The molecule has 2 fully saturated rings. The molecule has 1 atom stereocenters. The third kappa shape index (κ3) is 6.87. The lowest BCUT2D eigenvalue weighted by atomic mass is 9.98. The number of hydrogen-bond donors (Lipinski definition) is 0. The van der Waals surface area contributed by atoms with E-state index in [-0.39, 0.29) is 5.91 Å². The Hall–Kier alpha value is -3.22. The van der Waals surface area contributed by atoms with Crippen molar-refractivity contribution in [2.75, 3.05) is 57.9 Å². The summed E-state index contributed by atoms with van der Waals surface area (Å²) in [6.07, 6.45) is 2.04. The zero-order valence-corrected chi connectivity index (χ0v) is 23.7. The summed E-state index contributed by atoms with van der Waals surface area (Å²) < 4.78 is 11.9. The summed E-state index contributed by atoms with van der Waals surface area (Å²) >= 11 is 6.41. The fraction of sp³-hybridized carbons (Fsp3) is 0.406. The minimum atomic E-state index is 0.105. The van der Waals surface area contributed by atoms with Crippen LogP contribution in [-0.4, -0.2) is 68.7 Å². The number of likely N-dealkylation sites (tertiary alicyclic amines) is 1. The van der Waals surface area contributed by atoms with Crippen LogP contribution in [0.5, 0.6) is 11.5 Å². The van der Waals surface area contributed by atoms with Gasteiger partial charge in [-0.2, -0.15) is 0 Å². The molecule has 206 valence electrons. The van der Waals surface area contributed by atoms with Gasteiger partial charge in [-0.1, -0.05) is 47.5 Å². The average Bonchev–Trinajstić information content (AvgIpc) is 2.97. The minimum Gasteiger partial charge on any atom is -0.493 e. The largest absolute Gasteiger partial charge is 0.493 e. The molecule has 2 saturated heterocycles. The SMILES string of the molecule is COc1ccc(CN2CCN(c3ccccc3Cl)CC2)cc1OCC1CCCN(C(=O)c2ccc(C)cc2)C1. The van der Waals surface area contributed by atoms with Crippen LogP contribution in [-0.2, 0) is 6.54 Å². The van der Waals surface area contributed by atoms with Gasteiger partial charge in [0, 0.05) is 57.3 Å². The first-order valence-electron chi connectivity index (χ1n) is 13.9. The van der Waals surface area contributed by atoms with E-state index in [1.54, 1.807) is 7.11 Å². The summed E-state index contributed by atoms with van der Waals surface area (Å²) in [7, 11) is 1.68. The number of methoxy groups -OCH3 is 1. The number of ether oxygens (including phenoxy) is 2. The van der Waals surface area contributed by atoms with Crippen molar-refractivity contribution < 1.29 is 14.3 Å². The summed E-state index contributed by atoms with van der Waals surface area (Å²) in [5, 5.41) is 0.809. The molecule has 0 aromatic heterocycles. The first-order chi connectivity index (χ1) is 19.0. The second-order valence-corrected chi connectivity index (χ2v) is 11.0. The van der Waals surface area contributed by atoms with Crippen LogP contribution in [0.25, 0.3) is 0 Å². The number of hydrogen-bond acceptors (Lipinski definition) is 5. The number of carbonyl (C=O) groups is 1. The standard InChI is InChI=1S/C32H38ClN3O3/c1-24-9-12-27(13-10-24)32(37)36-15-5-6-26(22-36)23-39-31-20-25(11-14-30(31)38-2)21-34-16-18-35(19-17-34)29-8-4-3-7-28(29)33/h3-4,7-14,20,26H,5-6,15-19,21-23H2,1-2H3. The lowest BCUT2D eigenvalue weighted by Crippen LogP contribution is -2.46. The number of amides is 1. The van der Waals surface area contributed by atoms with E-state index in [0.29, 0.717) is 19.1 Å². The molecule has 0 spiro atoms. The molecule has 0 bridgehead atoms. The molecule has 0 N–H and O–H groups in total. The zero-order valence-electron chi connectivity index (χ0n) is 22.9. The van der Waals surface area contributed by atoms with Crippen LogP contribution >= 0.6 is 11.6 Å². The number of benzene rings is 3. The summed E-state index contributed by atoms with van der Waals surface area (Å²) in [6.45, 7) is 8.81. The van der Waals surface area contributed by atoms with Crippen molar-refractivity contribution in [3.05, 3.63) is 88.4 Å². The van der Waals surface area contributed by atoms with Gasteiger partial charge in [0.2, 0.25) is 0 Å². The van der Waals surface area contributed by atoms with Crippen LogP contribution in [0.1, 0.15) is 34.3 Å². The predicted molar refractivity (Wildman–Crippen MR) is 157 cm³/mol. The first-order valence-corrected chi connectivity index (χ1v) is 14.3. The van der Waals surface area contributed by atoms with E-state index in [4.69, 9.17) is 21.1 Å². The number of piperazine rings is 1. The average molecular weight is 548 g/mol. The Kier molecular flexibility index (Phi) is 8.95. The molecular formula is C32H38ClN3O3. The molecule has 0 saturated carbocycles. The molecule has 0 aliphatic carbocycles. The van der Waals surface area contributed by atoms with E-state index >= 15 is 0 Å². The Bertz CT molecular complexity index is 1260. The van der Waals surface area contributed by atoms with Crippen LogP contribution in [0.4, 0.5) is 5.69 Å². The number of para-hydroxylation sites is 1. The molecule has 3 aromatic rings. The van der Waals surface area contributed by atoms with E-state index in [2.05, 4.69) is 28.0 Å². The Morgan fingerprint density at radius 1 is 0.949 bits per heavy atom. The lowest BCUT2D eigenvalue weighted by Gasteiger charge is -2.36. The second-order valence-electron chi connectivity index (χ2n) is 10.6. The maximum Gasteiger partial charge on any atom is 0.253 e. The van der Waals surface area contributed by atoms with Crippen molar-refractivity contribution in [3.63, 3.8) is 0 Å². The number of piperidine rings is 1. The monoisotopic (exact) mass is 547 g/mol. The predicted octanol–water partition coefficient (Wildman–Crippen LogP) is 5.91. The van der Waals surface area contributed by atoms with Gasteiger partial charge in [-0.3, -0.25) is 9.69 Å². The fourth-order valence-corrected chi connectivity index (χ4v) is 5.77. The summed E-state index contributed by atoms with van der Waals surface area (Å²) in [4.78, 5) is 19.8. The molecule has 7 heteroatoms. The number of carbonyl (C=O) groups excluding carboxylic acids is 1. The van der Waals surface area contributed by atoms with Crippen molar-refractivity contribution in [2.45, 2.75) is 26.3 Å². The van der Waals surface area contributed by atoms with Crippen LogP contribution in [0.2, 0.25) is 5.02 Å². The third-order valence-electron chi connectivity index (χ3n) is 7.78. The number of rotatable bonds is 8. The van der Waals surface area contributed by atoms with Gasteiger partial charge >= 0.3 is 0 Å². The second kappa shape index (κ2) is 12.8. The van der Waals surface area contributed by atoms with Crippen molar-refractivity contribution in [1.82, 2.24) is 9.80 Å². The highest BCUT2D eigenvalue weighted by Crippen LogP contribution is 2.31. The molecule has 2 aliphatic heterocycles. The first kappa shape index (κ1) is 27.4. The highest BCUT2D eigenvalue weighted by molar-refractivity contribution is 6.33. The van der Waals surface area contributed by atoms with Gasteiger partial charge in [0.25, 0.3) is 5.91 Å². The highest BCUT2D eigenvalue weighted by Gasteiger charge is 2.25. The third-order valence-corrected chi connectivity index (χ3v) is 8.10. The molecule has 2 aliphatic rings. The van der Waals surface area contributed by atoms with Gasteiger partial charge in [0.15, 0.2) is 11.5 Å². The summed E-state index contributed by atoms with van der Waals surface area (Å²) in [6, 6.07) is 22.1. The van der Waals surface area contributed by atoms with Crippen LogP contribution in [0.15, 0.2) is 66.7 Å². The number of halogens is 1. The Labute approximate surface area is 237 Å². The van der Waals surface area contributed by atoms with E-state index in [1.807, 2.05) is 60.4 Å². The normalized spacial score (nSPS) is 18.2. The molecule has 1 amide bonds. The van der Waals surface area contributed by atoms with E-state index in [9.17, 15) is 4.79 Å². The topological polar surface area (TPSA) is 45.2 Å². The lowest BCUT2D eigenvalue weighted by molar-refractivity contribution is 0.0632.